The first-order chi connectivity index (χ1) is 21.7. The first kappa shape index (κ1) is 30.2. The SMILES string of the molecule is Cc1cc(-n2nc3c(c2-n2ccn(-c4ccc5c(cnn5C)c4Cl)c2=O)[C@H](CO)N(C(=O)OC(C)(C)C)C2(CC2)C3)cc(C)c1F. The fourth-order valence-electron chi connectivity index (χ4n) is 6.71. The Labute approximate surface area is 269 Å². The Balaban J connectivity index is 1.46. The third-order valence-electron chi connectivity index (χ3n) is 8.99. The highest BCUT2D eigenvalue weighted by Crippen LogP contribution is 2.54. The summed E-state index contributed by atoms with van der Waals surface area (Å²) < 4.78 is 26.8. The molecule has 1 atom stereocenters. The molecule has 11 nitrogen and oxygen atoms in total. The number of imidazole rings is 1. The molecule has 13 heteroatoms. The van der Waals surface area contributed by atoms with Crippen molar-refractivity contribution in [3.05, 3.63) is 86.6 Å². The predicted molar refractivity (Wildman–Crippen MR) is 171 cm³/mol. The standard InChI is InChI=1S/C33H35ClFN7O4/c1-18-13-20(14-19(2)28(18)35)42-29(40-12-11-39(30(40)44)24-8-7-23-21(27(24)34)16-36-38(23)6)26-22(37-42)15-33(9-10-33)41(25(26)17-43)31(45)46-32(3,4)5/h7-8,11-14,16,25,43H,9-10,15,17H2,1-6H3/t25-/m0/s1. The molecule has 0 unspecified atom stereocenters. The maximum atomic E-state index is 14.8. The quantitative estimate of drug-likeness (QED) is 0.277. The normalized spacial score (nSPS) is 17.2. The van der Waals surface area contributed by atoms with Gasteiger partial charge in [0.25, 0.3) is 0 Å². The average molecular weight is 648 g/mol. The van der Waals surface area contributed by atoms with E-state index < -0.39 is 35.6 Å². The van der Waals surface area contributed by atoms with Crippen molar-refractivity contribution in [1.29, 1.82) is 0 Å². The van der Waals surface area contributed by atoms with E-state index in [2.05, 4.69) is 5.10 Å². The lowest BCUT2D eigenvalue weighted by Crippen LogP contribution is -2.52. The van der Waals surface area contributed by atoms with Gasteiger partial charge in [-0.15, -0.1) is 0 Å². The molecular weight excluding hydrogens is 613 g/mol. The van der Waals surface area contributed by atoms with Crippen molar-refractivity contribution in [3.63, 3.8) is 0 Å². The molecule has 2 aliphatic rings. The summed E-state index contributed by atoms with van der Waals surface area (Å²) >= 11 is 6.81. The molecule has 1 saturated carbocycles. The highest BCUT2D eigenvalue weighted by molar-refractivity contribution is 6.37. The Morgan fingerprint density at radius 1 is 1.15 bits per heavy atom. The number of rotatable bonds is 4. The third kappa shape index (κ3) is 4.57. The van der Waals surface area contributed by atoms with Gasteiger partial charge in [0.1, 0.15) is 17.2 Å². The molecule has 46 heavy (non-hydrogen) atoms. The van der Waals surface area contributed by atoms with E-state index in [0.29, 0.717) is 56.4 Å². The molecule has 1 amide bonds. The summed E-state index contributed by atoms with van der Waals surface area (Å²) in [6.45, 7) is 8.32. The highest BCUT2D eigenvalue weighted by atomic mass is 35.5. The Morgan fingerprint density at radius 3 is 2.46 bits per heavy atom. The number of hydrogen-bond donors (Lipinski definition) is 1. The van der Waals surface area contributed by atoms with Gasteiger partial charge in [-0.25, -0.2) is 18.7 Å². The van der Waals surface area contributed by atoms with Gasteiger partial charge in [-0.05, 0) is 82.9 Å². The molecule has 1 N–H and O–H groups in total. The maximum Gasteiger partial charge on any atom is 0.411 e. The summed E-state index contributed by atoms with van der Waals surface area (Å²) in [5.74, 6) is 0.0121. The van der Waals surface area contributed by atoms with Crippen LogP contribution in [0.1, 0.15) is 62.0 Å². The van der Waals surface area contributed by atoms with E-state index >= 15 is 0 Å². The molecule has 240 valence electrons. The van der Waals surface area contributed by atoms with E-state index in [4.69, 9.17) is 21.4 Å². The minimum absolute atomic E-state index is 0.327. The summed E-state index contributed by atoms with van der Waals surface area (Å²) in [6.07, 6.45) is 6.20. The molecule has 0 saturated heterocycles. The van der Waals surface area contributed by atoms with Crippen molar-refractivity contribution in [3.8, 4) is 17.2 Å². The summed E-state index contributed by atoms with van der Waals surface area (Å²) in [7, 11) is 1.81. The summed E-state index contributed by atoms with van der Waals surface area (Å²) in [5.41, 5.74) is 2.08. The van der Waals surface area contributed by atoms with Crippen LogP contribution in [0.2, 0.25) is 5.02 Å². The van der Waals surface area contributed by atoms with E-state index in [1.807, 2.05) is 13.1 Å². The summed E-state index contributed by atoms with van der Waals surface area (Å²) in [5, 5.41) is 21.3. The van der Waals surface area contributed by atoms with Crippen LogP contribution in [0.25, 0.3) is 28.1 Å². The maximum absolute atomic E-state index is 14.8. The van der Waals surface area contributed by atoms with Gasteiger partial charge < -0.3 is 9.84 Å². The second kappa shape index (κ2) is 10.3. The Bertz CT molecular complexity index is 2090. The van der Waals surface area contributed by atoms with Gasteiger partial charge in [0.2, 0.25) is 0 Å². The Hall–Kier alpha value is -4.42. The molecule has 1 aliphatic carbocycles. The fourth-order valence-corrected chi connectivity index (χ4v) is 7.01. The number of nitrogens with zero attached hydrogens (tertiary/aromatic N) is 7. The number of benzene rings is 2. The molecule has 5 aromatic rings. The lowest BCUT2D eigenvalue weighted by molar-refractivity contribution is -0.0122. The van der Waals surface area contributed by atoms with Gasteiger partial charge in [-0.1, -0.05) is 11.6 Å². The molecular formula is C33H35ClFN7O4. The summed E-state index contributed by atoms with van der Waals surface area (Å²) in [6, 6.07) is 6.10. The zero-order valence-electron chi connectivity index (χ0n) is 26.5. The van der Waals surface area contributed by atoms with Gasteiger partial charge in [0, 0.05) is 36.8 Å². The van der Waals surface area contributed by atoms with Crippen molar-refractivity contribution in [2.24, 2.45) is 7.05 Å². The smallest absolute Gasteiger partial charge is 0.411 e. The van der Waals surface area contributed by atoms with Crippen molar-refractivity contribution in [2.45, 2.75) is 71.1 Å². The molecule has 3 aromatic heterocycles. The summed E-state index contributed by atoms with van der Waals surface area (Å²) in [4.78, 5) is 29.7. The number of carbonyl (C=O) groups is 1. The lowest BCUT2D eigenvalue weighted by atomic mass is 9.91. The number of aromatic nitrogens is 6. The Kier molecular flexibility index (Phi) is 6.77. The van der Waals surface area contributed by atoms with Gasteiger partial charge >= 0.3 is 11.8 Å². The monoisotopic (exact) mass is 647 g/mol. The number of hydrogen-bond acceptors (Lipinski definition) is 6. The minimum atomic E-state index is -0.849. The molecule has 1 fully saturated rings. The van der Waals surface area contributed by atoms with Gasteiger partial charge in [-0.3, -0.25) is 18.7 Å². The second-order valence-corrected chi connectivity index (χ2v) is 13.7. The second-order valence-electron chi connectivity index (χ2n) is 13.4. The van der Waals surface area contributed by atoms with Gasteiger partial charge in [0.05, 0.1) is 52.0 Å². The third-order valence-corrected chi connectivity index (χ3v) is 9.39. The number of ether oxygens (including phenoxy) is 1. The van der Waals surface area contributed by atoms with Crippen molar-refractivity contribution in [1.82, 2.24) is 33.6 Å². The van der Waals surface area contributed by atoms with Crippen LogP contribution in [0.15, 0.2) is 47.7 Å². The number of aliphatic hydroxyl groups excluding tert-OH is 1. The van der Waals surface area contributed by atoms with Crippen LogP contribution < -0.4 is 5.69 Å². The van der Waals surface area contributed by atoms with E-state index in [1.165, 1.54) is 9.13 Å². The molecule has 7 rings (SSSR count). The predicted octanol–water partition coefficient (Wildman–Crippen LogP) is 5.47. The molecule has 0 bridgehead atoms. The van der Waals surface area contributed by atoms with Crippen LogP contribution in [0.5, 0.6) is 0 Å². The first-order valence-corrected chi connectivity index (χ1v) is 15.6. The highest BCUT2D eigenvalue weighted by Gasteiger charge is 2.58. The molecule has 0 radical (unpaired) electrons. The topological polar surface area (TPSA) is 112 Å². The first-order valence-electron chi connectivity index (χ1n) is 15.2. The van der Waals surface area contributed by atoms with Crippen LogP contribution >= 0.6 is 11.6 Å². The molecule has 4 heterocycles. The van der Waals surface area contributed by atoms with Crippen LogP contribution in [0.4, 0.5) is 9.18 Å². The van der Waals surface area contributed by atoms with E-state index in [0.717, 1.165) is 18.4 Å². The van der Waals surface area contributed by atoms with Crippen LogP contribution in [0.3, 0.4) is 0 Å². The van der Waals surface area contributed by atoms with Crippen LogP contribution in [-0.4, -0.2) is 62.5 Å². The largest absolute Gasteiger partial charge is 0.444 e. The fraction of sp³-hybridized carbons (Fsp3) is 0.394. The minimum Gasteiger partial charge on any atom is -0.444 e. The Morgan fingerprint density at radius 2 is 1.83 bits per heavy atom. The van der Waals surface area contributed by atoms with Gasteiger partial charge in [-0.2, -0.15) is 10.2 Å². The van der Waals surface area contributed by atoms with E-state index in [1.54, 1.807) is 85.7 Å². The number of fused-ring (bicyclic) bond motifs is 2. The number of aryl methyl sites for hydroxylation is 3. The zero-order chi connectivity index (χ0) is 32.9. The van der Waals surface area contributed by atoms with Crippen molar-refractivity contribution >= 4 is 28.6 Å². The van der Waals surface area contributed by atoms with Crippen molar-refractivity contribution < 1.29 is 19.0 Å². The number of aliphatic hydroxyl groups is 1. The van der Waals surface area contributed by atoms with E-state index in [-0.39, 0.29) is 5.82 Å². The van der Waals surface area contributed by atoms with Crippen molar-refractivity contribution in [2.75, 3.05) is 6.61 Å². The number of halogens is 2. The zero-order valence-corrected chi connectivity index (χ0v) is 27.3. The average Bonchev–Trinajstić information content (AvgIpc) is 3.28. The lowest BCUT2D eigenvalue weighted by Gasteiger charge is -2.42. The van der Waals surface area contributed by atoms with Crippen LogP contribution in [0, 0.1) is 19.7 Å². The van der Waals surface area contributed by atoms with Crippen LogP contribution in [-0.2, 0) is 18.2 Å². The van der Waals surface area contributed by atoms with E-state index in [9.17, 15) is 19.1 Å². The number of carbonyl (C=O) groups excluding carboxylic acids is 1. The molecule has 1 spiro atoms. The van der Waals surface area contributed by atoms with Gasteiger partial charge in [0.15, 0.2) is 0 Å². The molecule has 2 aromatic carbocycles. The number of amides is 1. The molecule has 1 aliphatic heterocycles.